The lowest BCUT2D eigenvalue weighted by molar-refractivity contribution is 0.00848. The number of fused-ring (bicyclic) bond motifs is 7. The van der Waals surface area contributed by atoms with Crippen LogP contribution in [0, 0.1) is 41.4 Å². The molecule has 4 aliphatic carbocycles. The van der Waals surface area contributed by atoms with Crippen molar-refractivity contribution in [2.45, 2.75) is 64.7 Å². The fourth-order valence-corrected chi connectivity index (χ4v) is 7.96. The molecule has 1 aromatic heterocycles. The van der Waals surface area contributed by atoms with Crippen LogP contribution in [0.4, 0.5) is 0 Å². The van der Waals surface area contributed by atoms with Gasteiger partial charge in [0.05, 0.1) is 0 Å². The van der Waals surface area contributed by atoms with Gasteiger partial charge in [0.15, 0.2) is 0 Å². The van der Waals surface area contributed by atoms with Gasteiger partial charge in [-0.3, -0.25) is 0 Å². The molecule has 1 heterocycles. The van der Waals surface area contributed by atoms with E-state index in [4.69, 9.17) is 4.42 Å². The topological polar surface area (TPSA) is 54.0 Å². The highest BCUT2D eigenvalue weighted by molar-refractivity contribution is 5.67. The van der Waals surface area contributed by atoms with Crippen molar-refractivity contribution in [3.8, 4) is 17.4 Å². The summed E-state index contributed by atoms with van der Waals surface area (Å²) in [6, 6.07) is 10.4. The second kappa shape index (κ2) is 7.07. The van der Waals surface area contributed by atoms with Crippen LogP contribution < -0.4 is 5.63 Å². The molecule has 0 amide bonds. The van der Waals surface area contributed by atoms with Crippen molar-refractivity contribution in [3.63, 3.8) is 0 Å². The average molecular weight is 438 g/mol. The first-order valence-electron chi connectivity index (χ1n) is 12.4. The molecule has 0 radical (unpaired) electrons. The molecule has 0 spiro atoms. The van der Waals surface area contributed by atoms with Gasteiger partial charge in [-0.2, -0.15) is 5.26 Å². The van der Waals surface area contributed by atoms with Gasteiger partial charge in [0.1, 0.15) is 17.4 Å². The van der Waals surface area contributed by atoms with Crippen molar-refractivity contribution in [2.75, 3.05) is 0 Å². The van der Waals surface area contributed by atoms with Gasteiger partial charge in [-0.25, -0.2) is 4.79 Å². The summed E-state index contributed by atoms with van der Waals surface area (Å²) in [5, 5.41) is 9.99. The lowest BCUT2D eigenvalue weighted by atomic mass is 9.48. The van der Waals surface area contributed by atoms with Crippen molar-refractivity contribution in [3.05, 3.63) is 80.7 Å². The zero-order chi connectivity index (χ0) is 23.0. The average Bonchev–Trinajstić information content (AvgIpc) is 3.12. The highest BCUT2D eigenvalue weighted by Crippen LogP contribution is 2.64. The van der Waals surface area contributed by atoms with Crippen molar-refractivity contribution in [2.24, 2.45) is 23.2 Å². The minimum Gasteiger partial charge on any atom is -0.421 e. The highest BCUT2D eigenvalue weighted by Gasteiger charge is 2.58. The van der Waals surface area contributed by atoms with Gasteiger partial charge in [-0.05, 0) is 85.2 Å². The fraction of sp³-hybridized carbons (Fsp3) is 0.467. The Morgan fingerprint density at radius 2 is 1.88 bits per heavy atom. The van der Waals surface area contributed by atoms with Gasteiger partial charge in [-0.15, -0.1) is 0 Å². The maximum absolute atomic E-state index is 13.0. The maximum Gasteiger partial charge on any atom is 0.354 e. The molecule has 0 aliphatic heterocycles. The molecule has 6 rings (SSSR count). The number of rotatable bonds is 1. The quantitative estimate of drug-likeness (QED) is 0.503. The first-order chi connectivity index (χ1) is 15.9. The SMILES string of the molecule is Cc1ccc(-c2oc(=O)c(C#N)c3c2C[C@H]2[C@@H]4CC=C5C=CCC[C@]5(C)[C@H]4CC[C@]32C)cc1. The zero-order valence-corrected chi connectivity index (χ0v) is 19.8. The molecule has 3 nitrogen and oxygen atoms in total. The summed E-state index contributed by atoms with van der Waals surface area (Å²) < 4.78 is 5.86. The normalized spacial score (nSPS) is 33.9. The number of hydrogen-bond acceptors (Lipinski definition) is 3. The standard InChI is InChI=1S/C30H31NO2/c1-18-7-9-19(10-8-18)27-22-16-25-21-12-11-20-6-4-5-14-29(20,2)24(21)13-15-30(25,3)26(22)23(17-31)28(32)33-27/h4,6-11,21,24-25H,5,12-16H2,1-3H3/t21-,24+,25+,29+,30+/m1/s1. The van der Waals surface area contributed by atoms with E-state index in [9.17, 15) is 10.1 Å². The summed E-state index contributed by atoms with van der Waals surface area (Å²) in [5.74, 6) is 2.34. The zero-order valence-electron chi connectivity index (χ0n) is 19.8. The smallest absolute Gasteiger partial charge is 0.354 e. The molecular weight excluding hydrogens is 406 g/mol. The van der Waals surface area contributed by atoms with Crippen molar-refractivity contribution in [1.29, 1.82) is 5.26 Å². The Balaban J connectivity index is 1.51. The van der Waals surface area contributed by atoms with Crippen molar-refractivity contribution >= 4 is 0 Å². The number of nitrogens with zero attached hydrogens (tertiary/aromatic N) is 1. The lowest BCUT2D eigenvalue weighted by Crippen LogP contribution is -2.49. The number of benzene rings is 1. The van der Waals surface area contributed by atoms with E-state index in [0.717, 1.165) is 48.8 Å². The number of allylic oxidation sites excluding steroid dienone is 4. The third-order valence-corrected chi connectivity index (χ3v) is 9.69. The van der Waals surface area contributed by atoms with E-state index >= 15 is 0 Å². The van der Waals surface area contributed by atoms with Gasteiger partial charge in [0.2, 0.25) is 0 Å². The molecule has 0 unspecified atom stereocenters. The second-order valence-electron chi connectivity index (χ2n) is 11.2. The van der Waals surface area contributed by atoms with Crippen LogP contribution in [0.15, 0.2) is 57.3 Å². The summed E-state index contributed by atoms with van der Waals surface area (Å²) in [5.41, 5.74) is 5.60. The van der Waals surface area contributed by atoms with E-state index in [1.165, 1.54) is 17.6 Å². The predicted octanol–water partition coefficient (Wildman–Crippen LogP) is 6.63. The fourth-order valence-electron chi connectivity index (χ4n) is 7.96. The van der Waals surface area contributed by atoms with Crippen LogP contribution in [-0.4, -0.2) is 0 Å². The molecule has 0 saturated heterocycles. The van der Waals surface area contributed by atoms with Crippen molar-refractivity contribution in [1.82, 2.24) is 0 Å². The molecule has 5 atom stereocenters. The molecule has 4 aliphatic rings. The summed E-state index contributed by atoms with van der Waals surface area (Å²) in [4.78, 5) is 13.0. The Kier molecular flexibility index (Phi) is 4.44. The molecule has 1 fully saturated rings. The number of nitriles is 1. The molecule has 168 valence electrons. The van der Waals surface area contributed by atoms with Gasteiger partial charge in [0.25, 0.3) is 0 Å². The van der Waals surface area contributed by atoms with E-state index < -0.39 is 5.63 Å². The van der Waals surface area contributed by atoms with Gasteiger partial charge in [0, 0.05) is 11.1 Å². The minimum atomic E-state index is -0.481. The molecule has 3 heteroatoms. The van der Waals surface area contributed by atoms with Crippen LogP contribution in [0.5, 0.6) is 0 Å². The highest BCUT2D eigenvalue weighted by atomic mass is 16.4. The van der Waals surface area contributed by atoms with E-state index in [0.29, 0.717) is 23.5 Å². The van der Waals surface area contributed by atoms with Crippen LogP contribution in [0.1, 0.15) is 68.2 Å². The summed E-state index contributed by atoms with van der Waals surface area (Å²) >= 11 is 0. The van der Waals surface area contributed by atoms with E-state index in [2.05, 4.69) is 57.2 Å². The molecular formula is C30H31NO2. The van der Waals surface area contributed by atoms with E-state index in [-0.39, 0.29) is 16.4 Å². The Morgan fingerprint density at radius 1 is 1.09 bits per heavy atom. The monoisotopic (exact) mass is 437 g/mol. The molecule has 0 bridgehead atoms. The van der Waals surface area contributed by atoms with Crippen LogP contribution in [0.25, 0.3) is 11.3 Å². The van der Waals surface area contributed by atoms with Crippen LogP contribution in [0.3, 0.4) is 0 Å². The van der Waals surface area contributed by atoms with Gasteiger partial charge >= 0.3 is 5.63 Å². The van der Waals surface area contributed by atoms with Gasteiger partial charge < -0.3 is 4.42 Å². The number of aryl methyl sites for hydroxylation is 1. The van der Waals surface area contributed by atoms with Gasteiger partial charge in [-0.1, -0.05) is 61.9 Å². The third-order valence-electron chi connectivity index (χ3n) is 9.69. The Morgan fingerprint density at radius 3 is 2.64 bits per heavy atom. The summed E-state index contributed by atoms with van der Waals surface area (Å²) in [6.07, 6.45) is 13.7. The Hall–Kier alpha value is -2.86. The summed E-state index contributed by atoms with van der Waals surface area (Å²) in [7, 11) is 0. The van der Waals surface area contributed by atoms with E-state index in [1.807, 2.05) is 12.1 Å². The third kappa shape index (κ3) is 2.76. The first-order valence-corrected chi connectivity index (χ1v) is 12.4. The second-order valence-corrected chi connectivity index (χ2v) is 11.2. The number of hydrogen-bond donors (Lipinski definition) is 0. The molecule has 0 N–H and O–H groups in total. The Labute approximate surface area is 195 Å². The first kappa shape index (κ1) is 20.7. The molecule has 1 saturated carbocycles. The van der Waals surface area contributed by atoms with Crippen LogP contribution in [0.2, 0.25) is 0 Å². The molecule has 1 aromatic carbocycles. The van der Waals surface area contributed by atoms with Crippen LogP contribution in [-0.2, 0) is 11.8 Å². The van der Waals surface area contributed by atoms with Crippen molar-refractivity contribution < 1.29 is 4.42 Å². The Bertz CT molecular complexity index is 1300. The lowest BCUT2D eigenvalue weighted by Gasteiger charge is -2.56. The predicted molar refractivity (Wildman–Crippen MR) is 130 cm³/mol. The summed E-state index contributed by atoms with van der Waals surface area (Å²) in [6.45, 7) is 6.86. The minimum absolute atomic E-state index is 0.150. The largest absolute Gasteiger partial charge is 0.421 e. The molecule has 33 heavy (non-hydrogen) atoms. The van der Waals surface area contributed by atoms with Crippen LogP contribution >= 0.6 is 0 Å². The molecule has 2 aromatic rings. The van der Waals surface area contributed by atoms with E-state index in [1.54, 1.807) is 0 Å². The maximum atomic E-state index is 13.0.